The number of hydrogen-bond acceptors (Lipinski definition) is 4. The Morgan fingerprint density at radius 3 is 2.52 bits per heavy atom. The second kappa shape index (κ2) is 7.43. The van der Waals surface area contributed by atoms with Crippen molar-refractivity contribution in [2.75, 3.05) is 7.11 Å². The number of aliphatic carboxylic acids is 1. The molecule has 5 nitrogen and oxygen atoms in total. The summed E-state index contributed by atoms with van der Waals surface area (Å²) in [6.07, 6.45) is 0.534. The molecule has 0 spiro atoms. The normalized spacial score (nSPS) is 14.0. The lowest BCUT2D eigenvalue weighted by Gasteiger charge is -2.31. The first-order valence-corrected chi connectivity index (χ1v) is 7.15. The molecule has 21 heavy (non-hydrogen) atoms. The second-order valence-electron chi connectivity index (χ2n) is 5.35. The Kier molecular flexibility index (Phi) is 6.18. The molecule has 0 fully saturated rings. The van der Waals surface area contributed by atoms with Crippen LogP contribution in [0.3, 0.4) is 0 Å². The Hall–Kier alpha value is -1.59. The summed E-state index contributed by atoms with van der Waals surface area (Å²) in [5.74, 6) is -0.229. The van der Waals surface area contributed by atoms with Crippen molar-refractivity contribution in [2.24, 2.45) is 5.73 Å². The average molecular weight is 295 g/mol. The minimum Gasteiger partial charge on any atom is -0.496 e. The number of ether oxygens (including phenoxy) is 2. The molecule has 0 amide bonds. The van der Waals surface area contributed by atoms with Crippen LogP contribution in [0.25, 0.3) is 0 Å². The SMILES string of the molecule is CCC(Cc1ccc(OC)c(CN)c1)(OC(C)C)C(=O)O. The third-order valence-electron chi connectivity index (χ3n) is 3.48. The maximum absolute atomic E-state index is 11.7. The van der Waals surface area contributed by atoms with Crippen LogP contribution in [0.15, 0.2) is 18.2 Å². The number of hydrogen-bond donors (Lipinski definition) is 2. The van der Waals surface area contributed by atoms with Gasteiger partial charge in [-0.05, 0) is 31.9 Å². The van der Waals surface area contributed by atoms with Gasteiger partial charge in [0.05, 0.1) is 13.2 Å². The lowest BCUT2D eigenvalue weighted by molar-refractivity contribution is -0.172. The molecule has 0 bridgehead atoms. The molecule has 0 saturated heterocycles. The third-order valence-corrected chi connectivity index (χ3v) is 3.48. The zero-order valence-corrected chi connectivity index (χ0v) is 13.2. The van der Waals surface area contributed by atoms with Crippen LogP contribution >= 0.6 is 0 Å². The summed E-state index contributed by atoms with van der Waals surface area (Å²) >= 11 is 0. The Morgan fingerprint density at radius 2 is 2.10 bits per heavy atom. The number of carboxylic acid groups (broad SMARTS) is 1. The summed E-state index contributed by atoms with van der Waals surface area (Å²) < 4.78 is 11.0. The van der Waals surface area contributed by atoms with Crippen LogP contribution in [-0.4, -0.2) is 29.9 Å². The summed E-state index contributed by atoms with van der Waals surface area (Å²) in [6, 6.07) is 5.56. The van der Waals surface area contributed by atoms with Crippen molar-refractivity contribution >= 4 is 5.97 Å². The standard InChI is InChI=1S/C16H25NO4/c1-5-16(15(18)19,21-11(2)3)9-12-6-7-14(20-4)13(8-12)10-17/h6-8,11H,5,9-10,17H2,1-4H3,(H,18,19). The lowest BCUT2D eigenvalue weighted by atomic mass is 9.90. The van der Waals surface area contributed by atoms with Gasteiger partial charge in [0.25, 0.3) is 0 Å². The van der Waals surface area contributed by atoms with Crippen LogP contribution in [0.4, 0.5) is 0 Å². The quantitative estimate of drug-likeness (QED) is 0.769. The van der Waals surface area contributed by atoms with Gasteiger partial charge in [-0.15, -0.1) is 0 Å². The summed E-state index contributed by atoms with van der Waals surface area (Å²) in [6.45, 7) is 5.84. The van der Waals surface area contributed by atoms with E-state index in [4.69, 9.17) is 15.2 Å². The highest BCUT2D eigenvalue weighted by molar-refractivity contribution is 5.78. The van der Waals surface area contributed by atoms with Crippen LogP contribution in [0.2, 0.25) is 0 Å². The van der Waals surface area contributed by atoms with Gasteiger partial charge in [0.2, 0.25) is 0 Å². The van der Waals surface area contributed by atoms with Crippen LogP contribution in [0.5, 0.6) is 5.75 Å². The molecule has 5 heteroatoms. The van der Waals surface area contributed by atoms with E-state index in [-0.39, 0.29) is 6.10 Å². The largest absolute Gasteiger partial charge is 0.496 e. The van der Waals surface area contributed by atoms with Crippen LogP contribution in [0, 0.1) is 0 Å². The molecule has 118 valence electrons. The molecule has 1 atom stereocenters. The molecule has 1 aromatic carbocycles. The first-order chi connectivity index (χ1) is 9.88. The maximum Gasteiger partial charge on any atom is 0.336 e. The van der Waals surface area contributed by atoms with Gasteiger partial charge in [-0.25, -0.2) is 4.79 Å². The van der Waals surface area contributed by atoms with Crippen LogP contribution in [0.1, 0.15) is 38.3 Å². The Morgan fingerprint density at radius 1 is 1.43 bits per heavy atom. The Bertz CT molecular complexity index is 487. The van der Waals surface area contributed by atoms with Gasteiger partial charge in [0.1, 0.15) is 5.75 Å². The van der Waals surface area contributed by atoms with Gasteiger partial charge in [-0.2, -0.15) is 0 Å². The van der Waals surface area contributed by atoms with Crippen molar-refractivity contribution in [1.29, 1.82) is 0 Å². The van der Waals surface area contributed by atoms with Gasteiger partial charge in [0, 0.05) is 18.5 Å². The summed E-state index contributed by atoms with van der Waals surface area (Å²) in [5, 5.41) is 9.59. The molecule has 0 aromatic heterocycles. The van der Waals surface area contributed by atoms with E-state index in [0.717, 1.165) is 11.1 Å². The molecule has 0 aliphatic carbocycles. The molecule has 1 aromatic rings. The minimum atomic E-state index is -1.21. The van der Waals surface area contributed by atoms with E-state index in [9.17, 15) is 9.90 Å². The molecule has 0 radical (unpaired) electrons. The highest BCUT2D eigenvalue weighted by atomic mass is 16.5. The van der Waals surface area contributed by atoms with Crippen molar-refractivity contribution in [1.82, 2.24) is 0 Å². The van der Waals surface area contributed by atoms with E-state index in [2.05, 4.69) is 0 Å². The summed E-state index contributed by atoms with van der Waals surface area (Å²) in [4.78, 5) is 11.7. The predicted molar refractivity (Wildman–Crippen MR) is 81.5 cm³/mol. The summed E-state index contributed by atoms with van der Waals surface area (Å²) in [5.41, 5.74) is 6.22. The van der Waals surface area contributed by atoms with Crippen LogP contribution in [-0.2, 0) is 22.5 Å². The number of nitrogens with two attached hydrogens (primary N) is 1. The topological polar surface area (TPSA) is 81.8 Å². The molecule has 0 aliphatic rings. The van der Waals surface area contributed by atoms with Crippen LogP contribution < -0.4 is 10.5 Å². The second-order valence-corrected chi connectivity index (χ2v) is 5.35. The highest BCUT2D eigenvalue weighted by Gasteiger charge is 2.39. The first-order valence-electron chi connectivity index (χ1n) is 7.15. The van der Waals surface area contributed by atoms with Gasteiger partial charge < -0.3 is 20.3 Å². The summed E-state index contributed by atoms with van der Waals surface area (Å²) in [7, 11) is 1.59. The molecular weight excluding hydrogens is 270 g/mol. The van der Waals surface area contributed by atoms with E-state index in [1.165, 1.54) is 0 Å². The van der Waals surface area contributed by atoms with Crippen molar-refractivity contribution in [3.05, 3.63) is 29.3 Å². The fourth-order valence-electron chi connectivity index (χ4n) is 2.41. The van der Waals surface area contributed by atoms with Gasteiger partial charge in [0.15, 0.2) is 5.60 Å². The fraction of sp³-hybridized carbons (Fsp3) is 0.562. The number of carboxylic acids is 1. The zero-order chi connectivity index (χ0) is 16.0. The molecular formula is C16H25NO4. The first kappa shape index (κ1) is 17.5. The van der Waals surface area contributed by atoms with Gasteiger partial charge >= 0.3 is 5.97 Å². The average Bonchev–Trinajstić information content (AvgIpc) is 2.45. The zero-order valence-electron chi connectivity index (χ0n) is 13.2. The molecule has 0 aliphatic heterocycles. The van der Waals surface area contributed by atoms with Crippen molar-refractivity contribution in [3.8, 4) is 5.75 Å². The third kappa shape index (κ3) is 4.19. The van der Waals surface area contributed by atoms with Crippen molar-refractivity contribution in [2.45, 2.75) is 51.9 Å². The molecule has 0 saturated carbocycles. The van der Waals surface area contributed by atoms with Gasteiger partial charge in [-0.1, -0.05) is 19.1 Å². The highest BCUT2D eigenvalue weighted by Crippen LogP contribution is 2.27. The van der Waals surface area contributed by atoms with E-state index >= 15 is 0 Å². The number of rotatable bonds is 8. The van der Waals surface area contributed by atoms with Gasteiger partial charge in [-0.3, -0.25) is 0 Å². The Labute approximate surface area is 126 Å². The lowest BCUT2D eigenvalue weighted by Crippen LogP contribution is -2.45. The molecule has 3 N–H and O–H groups in total. The van der Waals surface area contributed by atoms with Crippen molar-refractivity contribution in [3.63, 3.8) is 0 Å². The van der Waals surface area contributed by atoms with E-state index < -0.39 is 11.6 Å². The molecule has 1 rings (SSSR count). The van der Waals surface area contributed by atoms with Crippen molar-refractivity contribution < 1.29 is 19.4 Å². The fourth-order valence-corrected chi connectivity index (χ4v) is 2.41. The minimum absolute atomic E-state index is 0.159. The maximum atomic E-state index is 11.7. The van der Waals surface area contributed by atoms with E-state index in [0.29, 0.717) is 25.1 Å². The van der Waals surface area contributed by atoms with E-state index in [1.54, 1.807) is 7.11 Å². The predicted octanol–water partition coefficient (Wildman–Crippen LogP) is 2.35. The Balaban J connectivity index is 3.11. The smallest absolute Gasteiger partial charge is 0.336 e. The van der Waals surface area contributed by atoms with E-state index in [1.807, 2.05) is 39.0 Å². The number of methoxy groups -OCH3 is 1. The molecule has 0 heterocycles. The number of carbonyl (C=O) groups is 1. The monoisotopic (exact) mass is 295 g/mol. The molecule has 1 unspecified atom stereocenters. The number of benzene rings is 1.